The van der Waals surface area contributed by atoms with Crippen LogP contribution in [0.4, 0.5) is 11.4 Å². The maximum atomic E-state index is 7.16. The molecule has 0 bridgehead atoms. The van der Waals surface area contributed by atoms with Crippen LogP contribution in [0, 0.1) is 0 Å². The van der Waals surface area contributed by atoms with Crippen molar-refractivity contribution in [2.24, 2.45) is 0 Å². The Labute approximate surface area is 257 Å². The number of nitrogens with zero attached hydrogens (tertiary/aromatic N) is 2. The number of methoxy groups -OCH3 is 2. The summed E-state index contributed by atoms with van der Waals surface area (Å²) in [5, 5.41) is 0. The molecule has 0 aliphatic rings. The van der Waals surface area contributed by atoms with Crippen molar-refractivity contribution < 1.29 is 9.47 Å². The standard InChI is InChI=1S/C30H30Cl4N2O2Si2/c1-37-27-19-15-25(16-20-27)35(39(3,31)32)29(23-11-7-5-8-12-23)30(24-13-9-6-10-14-24)36(40(4,33)34)26-17-21-28(38-2)22-18-26/h5-22H,1-4H3/b30-29-. The van der Waals surface area contributed by atoms with Crippen molar-refractivity contribution in [3.8, 4) is 11.5 Å². The third-order valence-corrected chi connectivity index (χ3v) is 10.8. The minimum absolute atomic E-state index is 0.728. The van der Waals surface area contributed by atoms with Crippen LogP contribution in [0.3, 0.4) is 0 Å². The van der Waals surface area contributed by atoms with E-state index in [0.29, 0.717) is 0 Å². The second kappa shape index (κ2) is 12.9. The van der Waals surface area contributed by atoms with Gasteiger partial charge in [0.1, 0.15) is 11.5 Å². The zero-order chi connectivity index (χ0) is 28.9. The van der Waals surface area contributed by atoms with Gasteiger partial charge in [0, 0.05) is 11.4 Å². The van der Waals surface area contributed by atoms with E-state index >= 15 is 0 Å². The fourth-order valence-corrected chi connectivity index (χ4v) is 9.15. The molecule has 10 heteroatoms. The Balaban J connectivity index is 2.17. The molecule has 0 spiro atoms. The summed E-state index contributed by atoms with van der Waals surface area (Å²) in [5.41, 5.74) is 5.01. The van der Waals surface area contributed by atoms with Crippen LogP contribution in [0.15, 0.2) is 109 Å². The van der Waals surface area contributed by atoms with E-state index in [1.54, 1.807) is 14.2 Å². The average molecular weight is 649 g/mol. The van der Waals surface area contributed by atoms with Crippen LogP contribution in [0.5, 0.6) is 11.5 Å². The molecule has 0 radical (unpaired) electrons. The highest BCUT2D eigenvalue weighted by Gasteiger charge is 2.41. The van der Waals surface area contributed by atoms with E-state index in [2.05, 4.69) is 0 Å². The molecule has 0 heterocycles. The van der Waals surface area contributed by atoms with Crippen molar-refractivity contribution in [1.29, 1.82) is 0 Å². The summed E-state index contributed by atoms with van der Waals surface area (Å²) in [4.78, 5) is 0. The molecular formula is C30H30Cl4N2O2Si2. The molecule has 0 aromatic heterocycles. The minimum Gasteiger partial charge on any atom is -0.497 e. The fraction of sp³-hybridized carbons (Fsp3) is 0.133. The maximum Gasteiger partial charge on any atom is 0.354 e. The monoisotopic (exact) mass is 646 g/mol. The van der Waals surface area contributed by atoms with Crippen LogP contribution in [0.2, 0.25) is 13.1 Å². The van der Waals surface area contributed by atoms with Crippen LogP contribution < -0.4 is 18.6 Å². The molecule has 4 nitrogen and oxygen atoms in total. The van der Waals surface area contributed by atoms with Crippen LogP contribution in [-0.2, 0) is 0 Å². The van der Waals surface area contributed by atoms with Gasteiger partial charge < -0.3 is 18.6 Å². The zero-order valence-electron chi connectivity index (χ0n) is 22.6. The van der Waals surface area contributed by atoms with E-state index in [-0.39, 0.29) is 0 Å². The summed E-state index contributed by atoms with van der Waals surface area (Å²) in [6, 6.07) is 35.4. The molecule has 0 fully saturated rings. The van der Waals surface area contributed by atoms with Crippen molar-refractivity contribution in [3.05, 3.63) is 120 Å². The summed E-state index contributed by atoms with van der Waals surface area (Å²) in [5.74, 6) is 1.46. The van der Waals surface area contributed by atoms with E-state index < -0.39 is 13.7 Å². The normalized spacial score (nSPS) is 12.4. The Morgan fingerprint density at radius 3 is 1.05 bits per heavy atom. The number of hydrogen-bond donors (Lipinski definition) is 0. The Morgan fingerprint density at radius 1 is 0.500 bits per heavy atom. The lowest BCUT2D eigenvalue weighted by atomic mass is 10.0. The SMILES string of the molecule is COc1ccc(N(/C(=C(/c2ccccc2)N(c2ccc(OC)cc2)[Si](C)(Cl)Cl)c2ccccc2)[Si](C)(Cl)Cl)cc1. The van der Waals surface area contributed by atoms with Gasteiger partial charge >= 0.3 is 13.7 Å². The molecule has 0 saturated heterocycles. The van der Waals surface area contributed by atoms with Crippen molar-refractivity contribution in [3.63, 3.8) is 0 Å². The highest BCUT2D eigenvalue weighted by molar-refractivity contribution is 7.47. The third-order valence-electron chi connectivity index (χ3n) is 6.21. The Kier molecular flexibility index (Phi) is 9.82. The summed E-state index contributed by atoms with van der Waals surface area (Å²) in [6.07, 6.45) is 0. The van der Waals surface area contributed by atoms with Crippen molar-refractivity contribution >= 4 is 80.8 Å². The lowest BCUT2D eigenvalue weighted by Crippen LogP contribution is -2.46. The Bertz CT molecular complexity index is 1310. The van der Waals surface area contributed by atoms with Crippen molar-refractivity contribution in [2.45, 2.75) is 13.1 Å². The van der Waals surface area contributed by atoms with Gasteiger partial charge in [0.05, 0.1) is 25.6 Å². The molecule has 0 atom stereocenters. The first kappa shape index (κ1) is 30.4. The summed E-state index contributed by atoms with van der Waals surface area (Å²) in [7, 11) is 3.27. The number of rotatable bonds is 10. The quantitative estimate of drug-likeness (QED) is 0.0972. The highest BCUT2D eigenvalue weighted by atomic mass is 35.7. The van der Waals surface area contributed by atoms with Gasteiger partial charge in [-0.05, 0) is 72.8 Å². The van der Waals surface area contributed by atoms with Gasteiger partial charge in [-0.1, -0.05) is 60.7 Å². The molecular weight excluding hydrogens is 618 g/mol. The summed E-state index contributed by atoms with van der Waals surface area (Å²) >= 11 is 28.7. The number of hydrogen-bond acceptors (Lipinski definition) is 4. The first-order chi connectivity index (χ1) is 19.0. The van der Waals surface area contributed by atoms with Crippen molar-refractivity contribution in [1.82, 2.24) is 0 Å². The van der Waals surface area contributed by atoms with E-state index in [4.69, 9.17) is 53.8 Å². The van der Waals surface area contributed by atoms with E-state index in [1.165, 1.54) is 0 Å². The second-order valence-corrected chi connectivity index (χ2v) is 23.4. The average Bonchev–Trinajstić information content (AvgIpc) is 2.95. The number of halogens is 4. The Morgan fingerprint density at radius 2 is 0.800 bits per heavy atom. The van der Waals surface area contributed by atoms with Gasteiger partial charge in [0.15, 0.2) is 0 Å². The first-order valence-electron chi connectivity index (χ1n) is 12.5. The summed E-state index contributed by atoms with van der Waals surface area (Å²) < 4.78 is 14.9. The first-order valence-corrected chi connectivity index (χ1v) is 21.5. The number of anilines is 2. The number of benzene rings is 4. The molecule has 0 unspecified atom stereocenters. The van der Waals surface area contributed by atoms with E-state index in [9.17, 15) is 0 Å². The Hall–Kier alpha value is -2.59. The zero-order valence-corrected chi connectivity index (χ0v) is 27.6. The molecule has 4 rings (SSSR count). The van der Waals surface area contributed by atoms with Gasteiger partial charge in [-0.15, -0.1) is 44.3 Å². The smallest absolute Gasteiger partial charge is 0.354 e. The van der Waals surface area contributed by atoms with Gasteiger partial charge in [-0.25, -0.2) is 0 Å². The molecule has 4 aromatic carbocycles. The van der Waals surface area contributed by atoms with Crippen LogP contribution in [0.25, 0.3) is 11.4 Å². The molecule has 0 amide bonds. The van der Waals surface area contributed by atoms with Gasteiger partial charge in [0.25, 0.3) is 0 Å². The van der Waals surface area contributed by atoms with Crippen molar-refractivity contribution in [2.75, 3.05) is 23.4 Å². The van der Waals surface area contributed by atoms with Gasteiger partial charge in [0.2, 0.25) is 0 Å². The second-order valence-electron chi connectivity index (χ2n) is 9.18. The van der Waals surface area contributed by atoms with Gasteiger partial charge in [-0.3, -0.25) is 0 Å². The molecule has 40 heavy (non-hydrogen) atoms. The molecule has 208 valence electrons. The minimum atomic E-state index is -3.16. The molecule has 0 aliphatic heterocycles. The fourth-order valence-electron chi connectivity index (χ4n) is 4.50. The van der Waals surface area contributed by atoms with E-state index in [0.717, 1.165) is 45.4 Å². The lowest BCUT2D eigenvalue weighted by molar-refractivity contribution is 0.414. The van der Waals surface area contributed by atoms with Gasteiger partial charge in [-0.2, -0.15) is 0 Å². The van der Waals surface area contributed by atoms with Crippen LogP contribution in [0.1, 0.15) is 11.1 Å². The topological polar surface area (TPSA) is 24.9 Å². The maximum absolute atomic E-state index is 7.16. The van der Waals surface area contributed by atoms with Crippen LogP contribution >= 0.6 is 44.3 Å². The highest BCUT2D eigenvalue weighted by Crippen LogP contribution is 2.45. The van der Waals surface area contributed by atoms with E-state index in [1.807, 2.05) is 131 Å². The lowest BCUT2D eigenvalue weighted by Gasteiger charge is -2.41. The largest absolute Gasteiger partial charge is 0.497 e. The van der Waals surface area contributed by atoms with Crippen LogP contribution in [-0.4, -0.2) is 27.9 Å². The molecule has 0 aliphatic carbocycles. The number of ether oxygens (including phenoxy) is 2. The third kappa shape index (κ3) is 7.00. The molecule has 0 N–H and O–H groups in total. The predicted molar refractivity (Wildman–Crippen MR) is 177 cm³/mol. The predicted octanol–water partition coefficient (Wildman–Crippen LogP) is 9.64. The molecule has 0 saturated carbocycles. The molecule has 4 aromatic rings. The summed E-state index contributed by atoms with van der Waals surface area (Å²) in [6.45, 7) is -2.56.